The van der Waals surface area contributed by atoms with Crippen LogP contribution in [-0.2, 0) is 12.7 Å². The number of tetrazole rings is 1. The molecule has 4 aromatic rings. The van der Waals surface area contributed by atoms with Gasteiger partial charge in [0.15, 0.2) is 0 Å². The molecule has 0 atom stereocenters. The van der Waals surface area contributed by atoms with Crippen LogP contribution < -0.4 is 34.9 Å². The van der Waals surface area contributed by atoms with Gasteiger partial charge in [0.1, 0.15) is 5.82 Å². The number of alkyl halides is 3. The summed E-state index contributed by atoms with van der Waals surface area (Å²) in [5.74, 6) is -0.465. The van der Waals surface area contributed by atoms with Gasteiger partial charge in [-0.15, -0.1) is 10.2 Å². The Morgan fingerprint density at radius 2 is 1.68 bits per heavy atom. The van der Waals surface area contributed by atoms with E-state index in [-0.39, 0.29) is 42.7 Å². The molecule has 2 N–H and O–H groups in total. The molecule has 0 saturated carbocycles. The Labute approximate surface area is 218 Å². The second-order valence-electron chi connectivity index (χ2n) is 7.88. The van der Waals surface area contributed by atoms with Crippen LogP contribution in [0.3, 0.4) is 0 Å². The Bertz CT molecular complexity index is 1250. The van der Waals surface area contributed by atoms with Crippen molar-refractivity contribution in [2.24, 2.45) is 0 Å². The minimum absolute atomic E-state index is 0. The van der Waals surface area contributed by atoms with Crippen LogP contribution in [0.5, 0.6) is 0 Å². The zero-order valence-electron chi connectivity index (χ0n) is 20.3. The van der Waals surface area contributed by atoms with Crippen molar-refractivity contribution in [1.82, 2.24) is 30.6 Å². The molecule has 0 unspecified atom stereocenters. The molecule has 0 spiro atoms. The molecule has 11 heteroatoms. The third-order valence-electron chi connectivity index (χ3n) is 5.21. The molecular weight excluding hydrogens is 454 g/mol. The molecule has 0 fully saturated rings. The van der Waals surface area contributed by atoms with E-state index in [2.05, 4.69) is 35.9 Å². The van der Waals surface area contributed by atoms with Gasteiger partial charge >= 0.3 is 35.7 Å². The number of hydrogen-bond donors (Lipinski definition) is 2. The number of H-pyrrole nitrogens is 1. The first-order chi connectivity index (χ1) is 15.7. The Balaban J connectivity index is 0.00000216. The first-order valence-electron chi connectivity index (χ1n) is 10.4. The fourth-order valence-corrected chi connectivity index (χ4v) is 3.73. The Morgan fingerprint density at radius 1 is 1.00 bits per heavy atom. The summed E-state index contributed by atoms with van der Waals surface area (Å²) in [4.78, 5) is 7.44. The van der Waals surface area contributed by atoms with Gasteiger partial charge in [0, 0.05) is 23.4 Å². The van der Waals surface area contributed by atoms with E-state index in [0.717, 1.165) is 22.3 Å². The monoisotopic (exact) mass is 477 g/mol. The fourth-order valence-electron chi connectivity index (χ4n) is 3.73. The van der Waals surface area contributed by atoms with E-state index in [1.165, 1.54) is 0 Å². The van der Waals surface area contributed by atoms with E-state index in [1.54, 1.807) is 6.92 Å². The van der Waals surface area contributed by atoms with Gasteiger partial charge in [-0.25, -0.2) is 9.97 Å². The van der Waals surface area contributed by atoms with Gasteiger partial charge in [0.25, 0.3) is 0 Å². The number of aromatic amines is 1. The second kappa shape index (κ2) is 10.6. The number of halogens is 3. The van der Waals surface area contributed by atoms with E-state index >= 15 is 0 Å². The predicted octanol–water partition coefficient (Wildman–Crippen LogP) is 2.50. The minimum atomic E-state index is -4.61. The van der Waals surface area contributed by atoms with Crippen LogP contribution in [-0.4, -0.2) is 30.6 Å². The van der Waals surface area contributed by atoms with Crippen LogP contribution in [0.15, 0.2) is 48.5 Å². The van der Waals surface area contributed by atoms with Crippen LogP contribution >= 0.6 is 0 Å². The predicted molar refractivity (Wildman–Crippen MR) is 119 cm³/mol. The quantitative estimate of drug-likeness (QED) is 0.415. The largest absolute Gasteiger partial charge is 1.00 e. The molecule has 0 saturated heterocycles. The van der Waals surface area contributed by atoms with Crippen LogP contribution in [0.2, 0.25) is 0 Å². The molecule has 0 radical (unpaired) electrons. The molecule has 4 rings (SSSR count). The number of nitrogens with one attached hydrogen (secondary N) is 2. The van der Waals surface area contributed by atoms with E-state index in [0.29, 0.717) is 23.6 Å². The van der Waals surface area contributed by atoms with E-state index in [1.807, 2.05) is 62.4 Å². The number of anilines is 1. The van der Waals surface area contributed by atoms with E-state index < -0.39 is 12.0 Å². The van der Waals surface area contributed by atoms with Gasteiger partial charge in [-0.3, -0.25) is 0 Å². The summed E-state index contributed by atoms with van der Waals surface area (Å²) in [6.45, 7) is 5.70. The first kappa shape index (κ1) is 25.8. The SMILES string of the molecule is Cc1nc(C(F)(F)F)nc(NCc2ccc(-c3ccccc3-c3nn[nH]n3)cc2)c1C(C)C.[H-].[Na+]. The van der Waals surface area contributed by atoms with Crippen LogP contribution in [0.1, 0.15) is 43.8 Å². The van der Waals surface area contributed by atoms with E-state index in [9.17, 15) is 13.2 Å². The molecule has 7 nitrogen and oxygen atoms in total. The fraction of sp³-hybridized carbons (Fsp3) is 0.261. The number of benzene rings is 2. The van der Waals surface area contributed by atoms with Crippen LogP contribution in [0, 0.1) is 6.92 Å². The number of rotatable bonds is 6. The Hall–Kier alpha value is -2.82. The summed E-state index contributed by atoms with van der Waals surface area (Å²) in [6, 6.07) is 15.5. The average Bonchev–Trinajstić information content (AvgIpc) is 3.31. The summed E-state index contributed by atoms with van der Waals surface area (Å²) in [6.07, 6.45) is -4.61. The number of hydrogen-bond acceptors (Lipinski definition) is 6. The van der Waals surface area contributed by atoms with E-state index in [4.69, 9.17) is 0 Å². The molecule has 2 aromatic heterocycles. The van der Waals surface area contributed by atoms with Crippen molar-refractivity contribution in [3.63, 3.8) is 0 Å². The third kappa shape index (κ3) is 5.63. The van der Waals surface area contributed by atoms with Crippen molar-refractivity contribution in [2.45, 2.75) is 39.4 Å². The van der Waals surface area contributed by atoms with Gasteiger partial charge in [0.2, 0.25) is 11.6 Å². The maximum absolute atomic E-state index is 13.2. The van der Waals surface area contributed by atoms with Crippen molar-refractivity contribution in [2.75, 3.05) is 5.32 Å². The van der Waals surface area contributed by atoms with Crippen molar-refractivity contribution in [1.29, 1.82) is 0 Å². The maximum Gasteiger partial charge on any atom is 1.00 e. The van der Waals surface area contributed by atoms with Crippen molar-refractivity contribution in [3.05, 3.63) is 71.2 Å². The van der Waals surface area contributed by atoms with Gasteiger partial charge in [0.05, 0.1) is 0 Å². The molecule has 0 aliphatic heterocycles. The zero-order valence-corrected chi connectivity index (χ0v) is 21.3. The minimum Gasteiger partial charge on any atom is -1.00 e. The summed E-state index contributed by atoms with van der Waals surface area (Å²) in [5.41, 5.74) is 4.64. The van der Waals surface area contributed by atoms with Gasteiger partial charge in [-0.1, -0.05) is 62.4 Å². The number of aromatic nitrogens is 6. The normalized spacial score (nSPS) is 11.4. The molecule has 2 aromatic carbocycles. The standard InChI is InChI=1S/C23H22F3N7.Na.H/c1-13(2)19-14(3)28-22(23(24,25)26)29-21(19)27-12-15-8-10-16(11-9-15)17-6-4-5-7-18(17)20-30-32-33-31-20;;/h4-11,13H,12H2,1-3H3,(H,27,28,29)(H,30,31,32,33);;/q;+1;-1. The van der Waals surface area contributed by atoms with Crippen molar-refractivity contribution >= 4 is 5.82 Å². The van der Waals surface area contributed by atoms with Crippen LogP contribution in [0.25, 0.3) is 22.5 Å². The van der Waals surface area contributed by atoms with Crippen molar-refractivity contribution in [3.8, 4) is 22.5 Å². The molecule has 172 valence electrons. The molecule has 0 aliphatic rings. The topological polar surface area (TPSA) is 92.3 Å². The van der Waals surface area contributed by atoms with Gasteiger partial charge < -0.3 is 6.74 Å². The first-order valence-corrected chi connectivity index (χ1v) is 10.4. The second-order valence-corrected chi connectivity index (χ2v) is 7.88. The summed E-state index contributed by atoms with van der Waals surface area (Å²) >= 11 is 0. The zero-order chi connectivity index (χ0) is 23.6. The molecule has 2 heterocycles. The Kier molecular flexibility index (Phi) is 8.06. The van der Waals surface area contributed by atoms with Gasteiger partial charge in [-0.2, -0.15) is 18.4 Å². The van der Waals surface area contributed by atoms with Crippen molar-refractivity contribution < 1.29 is 44.2 Å². The maximum atomic E-state index is 13.2. The molecule has 0 bridgehead atoms. The number of nitrogens with zero attached hydrogens (tertiary/aromatic N) is 5. The third-order valence-corrected chi connectivity index (χ3v) is 5.21. The van der Waals surface area contributed by atoms with Crippen LogP contribution in [0.4, 0.5) is 19.0 Å². The Morgan fingerprint density at radius 3 is 2.26 bits per heavy atom. The molecular formula is C23H23F3N7Na. The van der Waals surface area contributed by atoms with Gasteiger partial charge in [-0.05, 0) is 34.7 Å². The summed E-state index contributed by atoms with van der Waals surface area (Å²) in [5, 5.41) is 17.3. The average molecular weight is 477 g/mol. The smallest absolute Gasteiger partial charge is 1.00 e. The molecule has 34 heavy (non-hydrogen) atoms. The molecule has 0 aliphatic carbocycles. The molecule has 0 amide bonds. The number of aryl methyl sites for hydroxylation is 1. The summed E-state index contributed by atoms with van der Waals surface area (Å²) in [7, 11) is 0. The summed E-state index contributed by atoms with van der Waals surface area (Å²) < 4.78 is 39.6.